The fourth-order valence-electron chi connectivity index (χ4n) is 5.18. The minimum Gasteiger partial charge on any atom is -0.378 e. The van der Waals surface area contributed by atoms with Crippen LogP contribution in [0.3, 0.4) is 0 Å². The number of morpholine rings is 1. The summed E-state index contributed by atoms with van der Waals surface area (Å²) in [6, 6.07) is 5.79. The molecule has 3 aliphatic rings. The molecule has 3 saturated heterocycles. The number of hydrogen-bond acceptors (Lipinski definition) is 6. The van der Waals surface area contributed by atoms with E-state index in [1.54, 1.807) is 10.5 Å². The van der Waals surface area contributed by atoms with E-state index in [0.717, 1.165) is 5.82 Å². The summed E-state index contributed by atoms with van der Waals surface area (Å²) < 4.78 is 32.8. The normalized spacial score (nSPS) is 28.2. The molecule has 8 nitrogen and oxygen atoms in total. The molecular weight excluding hydrogens is 404 g/mol. The first-order chi connectivity index (χ1) is 14.5. The van der Waals surface area contributed by atoms with Crippen LogP contribution in [0.4, 0.5) is 5.82 Å². The predicted octanol–water partition coefficient (Wildman–Crippen LogP) is 1.20. The van der Waals surface area contributed by atoms with Crippen molar-refractivity contribution < 1.29 is 17.9 Å². The Hall–Kier alpha value is -1.71. The Kier molecular flexibility index (Phi) is 6.31. The summed E-state index contributed by atoms with van der Waals surface area (Å²) in [6.45, 7) is 6.37. The zero-order valence-electron chi connectivity index (χ0n) is 17.7. The van der Waals surface area contributed by atoms with Gasteiger partial charge in [-0.05, 0) is 31.4 Å². The van der Waals surface area contributed by atoms with Gasteiger partial charge in [-0.3, -0.25) is 4.79 Å². The molecule has 3 aliphatic heterocycles. The number of carbonyl (C=O) groups excluding carboxylic acids is 1. The van der Waals surface area contributed by atoms with E-state index in [0.29, 0.717) is 71.7 Å². The molecule has 1 amide bonds. The molecule has 1 aromatic heterocycles. The zero-order chi connectivity index (χ0) is 21.2. The van der Waals surface area contributed by atoms with Crippen LogP contribution in [0.15, 0.2) is 24.4 Å². The van der Waals surface area contributed by atoms with Crippen LogP contribution in [-0.4, -0.2) is 86.7 Å². The standard InChI is InChI=1S/C21H32N4O4S/c1-2-14-30(27,28)25-9-5-7-21(20(26)23-10-12-29-13-11-23)17-24(15-18(21)16-25)19-6-3-4-8-22-19/h3-4,6,8,18H,2,5,7,9-17H2,1H3/t18-,21+/m1/s1. The number of aromatic nitrogens is 1. The Morgan fingerprint density at radius 3 is 2.73 bits per heavy atom. The summed E-state index contributed by atoms with van der Waals surface area (Å²) in [4.78, 5) is 22.4. The summed E-state index contributed by atoms with van der Waals surface area (Å²) >= 11 is 0. The van der Waals surface area contributed by atoms with E-state index >= 15 is 0 Å². The number of ether oxygens (including phenoxy) is 1. The number of sulfonamides is 1. The van der Waals surface area contributed by atoms with Crippen molar-refractivity contribution in [3.05, 3.63) is 24.4 Å². The lowest BCUT2D eigenvalue weighted by atomic mass is 9.73. The van der Waals surface area contributed by atoms with Gasteiger partial charge in [0.05, 0.1) is 24.4 Å². The molecule has 9 heteroatoms. The topological polar surface area (TPSA) is 83.0 Å². The number of pyridine rings is 1. The van der Waals surface area contributed by atoms with Gasteiger partial charge in [0.1, 0.15) is 5.82 Å². The molecule has 30 heavy (non-hydrogen) atoms. The van der Waals surface area contributed by atoms with Crippen LogP contribution < -0.4 is 4.90 Å². The van der Waals surface area contributed by atoms with Gasteiger partial charge in [-0.25, -0.2) is 17.7 Å². The highest BCUT2D eigenvalue weighted by molar-refractivity contribution is 7.89. The molecule has 0 N–H and O–H groups in total. The fraction of sp³-hybridized carbons (Fsp3) is 0.714. The number of anilines is 1. The molecule has 3 fully saturated rings. The molecule has 0 unspecified atom stereocenters. The number of carbonyl (C=O) groups is 1. The minimum atomic E-state index is -3.30. The van der Waals surface area contributed by atoms with Crippen molar-refractivity contribution in [2.45, 2.75) is 26.2 Å². The number of amides is 1. The van der Waals surface area contributed by atoms with Crippen LogP contribution in [0, 0.1) is 11.3 Å². The third kappa shape index (κ3) is 4.07. The van der Waals surface area contributed by atoms with E-state index in [-0.39, 0.29) is 17.6 Å². The molecule has 0 spiro atoms. The molecule has 166 valence electrons. The van der Waals surface area contributed by atoms with Gasteiger partial charge in [0.15, 0.2) is 0 Å². The van der Waals surface area contributed by atoms with Crippen LogP contribution >= 0.6 is 0 Å². The van der Waals surface area contributed by atoms with Crippen LogP contribution in [0.1, 0.15) is 26.2 Å². The number of nitrogens with zero attached hydrogens (tertiary/aromatic N) is 4. The SMILES string of the molecule is CCCS(=O)(=O)N1CCC[C@]2(C(=O)N3CCOCC3)CN(c3ccccn3)C[C@@H]2C1. The second-order valence-corrected chi connectivity index (χ2v) is 10.7. The second kappa shape index (κ2) is 8.80. The number of hydrogen-bond donors (Lipinski definition) is 0. The molecule has 1 aromatic rings. The van der Waals surface area contributed by atoms with E-state index in [9.17, 15) is 13.2 Å². The third-order valence-electron chi connectivity index (χ3n) is 6.70. The summed E-state index contributed by atoms with van der Waals surface area (Å²) in [5.74, 6) is 1.12. The maximum atomic E-state index is 13.8. The first-order valence-electron chi connectivity index (χ1n) is 11.0. The first-order valence-corrected chi connectivity index (χ1v) is 12.6. The van der Waals surface area contributed by atoms with Crippen molar-refractivity contribution in [3.63, 3.8) is 0 Å². The van der Waals surface area contributed by atoms with Gasteiger partial charge in [0, 0.05) is 51.4 Å². The Morgan fingerprint density at radius 1 is 1.23 bits per heavy atom. The molecule has 0 bridgehead atoms. The maximum absolute atomic E-state index is 13.8. The quantitative estimate of drug-likeness (QED) is 0.690. The van der Waals surface area contributed by atoms with Gasteiger partial charge in [0.25, 0.3) is 0 Å². The van der Waals surface area contributed by atoms with Gasteiger partial charge in [-0.15, -0.1) is 0 Å². The minimum absolute atomic E-state index is 0.0519. The smallest absolute Gasteiger partial charge is 0.231 e. The second-order valence-electron chi connectivity index (χ2n) is 8.60. The molecule has 0 aliphatic carbocycles. The van der Waals surface area contributed by atoms with E-state index in [1.165, 1.54) is 0 Å². The molecule has 0 radical (unpaired) electrons. The molecule has 4 rings (SSSR count). The van der Waals surface area contributed by atoms with Crippen molar-refractivity contribution in [2.75, 3.05) is 63.1 Å². The van der Waals surface area contributed by atoms with Gasteiger partial charge in [-0.2, -0.15) is 0 Å². The Bertz CT molecular complexity index is 844. The largest absolute Gasteiger partial charge is 0.378 e. The van der Waals surface area contributed by atoms with Crippen molar-refractivity contribution in [1.29, 1.82) is 0 Å². The van der Waals surface area contributed by atoms with Crippen LogP contribution in [0.5, 0.6) is 0 Å². The van der Waals surface area contributed by atoms with Gasteiger partial charge >= 0.3 is 0 Å². The van der Waals surface area contributed by atoms with Gasteiger partial charge in [-0.1, -0.05) is 13.0 Å². The summed E-state index contributed by atoms with van der Waals surface area (Å²) in [5, 5.41) is 0. The lowest BCUT2D eigenvalue weighted by Gasteiger charge is -2.38. The van der Waals surface area contributed by atoms with E-state index in [4.69, 9.17) is 4.74 Å². The van der Waals surface area contributed by atoms with Crippen LogP contribution in [0.25, 0.3) is 0 Å². The average molecular weight is 437 g/mol. The lowest BCUT2D eigenvalue weighted by molar-refractivity contribution is -0.147. The maximum Gasteiger partial charge on any atom is 0.231 e. The number of fused-ring (bicyclic) bond motifs is 1. The van der Waals surface area contributed by atoms with Crippen LogP contribution in [-0.2, 0) is 19.6 Å². The monoisotopic (exact) mass is 436 g/mol. The molecule has 0 aromatic carbocycles. The average Bonchev–Trinajstić information content (AvgIpc) is 3.02. The lowest BCUT2D eigenvalue weighted by Crippen LogP contribution is -2.53. The molecular formula is C21H32N4O4S. The zero-order valence-corrected chi connectivity index (χ0v) is 18.5. The first kappa shape index (κ1) is 21.5. The van der Waals surface area contributed by atoms with Gasteiger partial charge < -0.3 is 14.5 Å². The fourth-order valence-corrected chi connectivity index (χ4v) is 6.77. The third-order valence-corrected chi connectivity index (χ3v) is 8.75. The molecule has 4 heterocycles. The van der Waals surface area contributed by atoms with E-state index < -0.39 is 15.4 Å². The summed E-state index contributed by atoms with van der Waals surface area (Å²) in [6.07, 6.45) is 3.76. The van der Waals surface area contributed by atoms with Crippen molar-refractivity contribution in [1.82, 2.24) is 14.2 Å². The van der Waals surface area contributed by atoms with Gasteiger partial charge in [0.2, 0.25) is 15.9 Å². The van der Waals surface area contributed by atoms with Crippen LogP contribution in [0.2, 0.25) is 0 Å². The summed E-state index contributed by atoms with van der Waals surface area (Å²) in [5.41, 5.74) is -0.578. The summed E-state index contributed by atoms with van der Waals surface area (Å²) in [7, 11) is -3.30. The van der Waals surface area contributed by atoms with Crippen molar-refractivity contribution >= 4 is 21.7 Å². The highest BCUT2D eigenvalue weighted by atomic mass is 32.2. The molecule has 2 atom stereocenters. The highest BCUT2D eigenvalue weighted by Crippen LogP contribution is 2.45. The van der Waals surface area contributed by atoms with Crippen molar-refractivity contribution in [3.8, 4) is 0 Å². The predicted molar refractivity (Wildman–Crippen MR) is 115 cm³/mol. The van der Waals surface area contributed by atoms with E-state index in [1.807, 2.05) is 30.0 Å². The number of rotatable bonds is 5. The van der Waals surface area contributed by atoms with Crippen molar-refractivity contribution in [2.24, 2.45) is 11.3 Å². The Labute approximate surface area is 179 Å². The highest BCUT2D eigenvalue weighted by Gasteiger charge is 2.55. The Balaban J connectivity index is 1.65. The Morgan fingerprint density at radius 2 is 2.03 bits per heavy atom. The molecule has 0 saturated carbocycles. The van der Waals surface area contributed by atoms with E-state index in [2.05, 4.69) is 9.88 Å².